The molecule has 3 atom stereocenters. The number of carbonyl (C=O) groups excluding carboxylic acids is 2. The smallest absolute Gasteiger partial charge is 0.306 e. The Hall–Kier alpha value is -2.44. The van der Waals surface area contributed by atoms with Crippen molar-refractivity contribution in [3.63, 3.8) is 0 Å². The number of amides is 1. The van der Waals surface area contributed by atoms with Crippen LogP contribution in [0.5, 0.6) is 0 Å². The number of nitrogens with one attached hydrogen (secondary N) is 1. The van der Waals surface area contributed by atoms with Gasteiger partial charge in [-0.05, 0) is 51.0 Å². The highest BCUT2D eigenvalue weighted by Crippen LogP contribution is 2.17. The van der Waals surface area contributed by atoms with Gasteiger partial charge in [0.05, 0.1) is 25.2 Å². The Kier molecular flexibility index (Phi) is 49.6. The molecule has 0 radical (unpaired) electrons. The number of rotatable bonds is 49. The number of aliphatic hydroxyl groups is 2. The van der Waals surface area contributed by atoms with Crippen molar-refractivity contribution in [1.29, 1.82) is 0 Å². The molecule has 0 aromatic heterocycles. The quantitative estimate of drug-likeness (QED) is 0.0321. The highest BCUT2D eigenvalue weighted by atomic mass is 16.5. The largest absolute Gasteiger partial charge is 0.458 e. The molecule has 0 spiro atoms. The molecule has 0 saturated carbocycles. The summed E-state index contributed by atoms with van der Waals surface area (Å²) in [6.45, 7) is 6.35. The van der Waals surface area contributed by atoms with Gasteiger partial charge in [0.15, 0.2) is 0 Å². The standard InChI is InChI=1S/C58H105NO5/c1-4-7-10-13-16-19-22-25-27-28-29-30-33-36-39-42-45-48-51-58(63)64-54(49-46-43-40-37-34-32-26-23-20-17-14-11-8-5-2)52-57(62)59-55(53-60)56(61)50-47-44-41-38-35-31-24-21-18-15-12-9-6-3/h8,11,17,20,26,32,37,40,46,49,54-56,60-61H,4-7,9-10,12-16,18-19,21-25,27-31,33-36,38-39,41-45,47-48,50-53H2,1-3H3,(H,59,62)/b11-8+,20-17+,32-26+,40-37+,49-46+. The summed E-state index contributed by atoms with van der Waals surface area (Å²) >= 11 is 0. The SMILES string of the molecule is CC/C=C/C/C=C/C/C=C/C/C=C/C/C=C/C(CC(=O)NC(CO)C(O)CCCCCCCCCCCCCCC)OC(=O)CCCCCCCCCCCCCCCCCCCC. The van der Waals surface area contributed by atoms with Gasteiger partial charge < -0.3 is 20.3 Å². The molecule has 0 aliphatic heterocycles. The maximum absolute atomic E-state index is 13.2. The van der Waals surface area contributed by atoms with Crippen LogP contribution in [0.25, 0.3) is 0 Å². The van der Waals surface area contributed by atoms with Gasteiger partial charge in [0, 0.05) is 6.42 Å². The van der Waals surface area contributed by atoms with E-state index in [9.17, 15) is 19.8 Å². The second kappa shape index (κ2) is 51.5. The first-order chi connectivity index (χ1) is 31.5. The molecule has 6 nitrogen and oxygen atoms in total. The Bertz CT molecular complexity index is 1140. The highest BCUT2D eigenvalue weighted by molar-refractivity contribution is 5.78. The van der Waals surface area contributed by atoms with E-state index < -0.39 is 18.2 Å². The number of unbranched alkanes of at least 4 members (excludes halogenated alkanes) is 29. The molecule has 3 unspecified atom stereocenters. The summed E-state index contributed by atoms with van der Waals surface area (Å²) in [4.78, 5) is 26.1. The predicted octanol–water partition coefficient (Wildman–Crippen LogP) is 16.8. The van der Waals surface area contributed by atoms with Crippen LogP contribution >= 0.6 is 0 Å². The van der Waals surface area contributed by atoms with Crippen LogP contribution in [0.15, 0.2) is 60.8 Å². The Morgan fingerprint density at radius 3 is 1.19 bits per heavy atom. The van der Waals surface area contributed by atoms with Gasteiger partial charge in [0.1, 0.15) is 6.10 Å². The molecule has 0 aromatic rings. The van der Waals surface area contributed by atoms with Gasteiger partial charge in [0.25, 0.3) is 0 Å². The zero-order chi connectivity index (χ0) is 46.7. The van der Waals surface area contributed by atoms with E-state index in [-0.39, 0.29) is 24.9 Å². The van der Waals surface area contributed by atoms with E-state index in [1.54, 1.807) is 0 Å². The molecule has 0 bridgehead atoms. The van der Waals surface area contributed by atoms with E-state index >= 15 is 0 Å². The van der Waals surface area contributed by atoms with E-state index in [2.05, 4.69) is 74.7 Å². The summed E-state index contributed by atoms with van der Waals surface area (Å²) in [5.74, 6) is -0.619. The zero-order valence-corrected chi connectivity index (χ0v) is 42.4. The van der Waals surface area contributed by atoms with Crippen LogP contribution < -0.4 is 5.32 Å². The molecule has 64 heavy (non-hydrogen) atoms. The fourth-order valence-electron chi connectivity index (χ4n) is 8.22. The number of carbonyl (C=O) groups is 2. The zero-order valence-electron chi connectivity index (χ0n) is 42.4. The third-order valence-electron chi connectivity index (χ3n) is 12.4. The van der Waals surface area contributed by atoms with Crippen LogP contribution in [0.1, 0.15) is 271 Å². The topological polar surface area (TPSA) is 95.9 Å². The van der Waals surface area contributed by atoms with Crippen LogP contribution in [-0.4, -0.2) is 46.9 Å². The van der Waals surface area contributed by atoms with Gasteiger partial charge in [0.2, 0.25) is 5.91 Å². The normalized spacial score (nSPS) is 13.6. The van der Waals surface area contributed by atoms with Crippen LogP contribution in [0.3, 0.4) is 0 Å². The van der Waals surface area contributed by atoms with E-state index in [1.807, 2.05) is 12.2 Å². The summed E-state index contributed by atoms with van der Waals surface area (Å²) in [6.07, 6.45) is 64.6. The predicted molar refractivity (Wildman–Crippen MR) is 278 cm³/mol. The first kappa shape index (κ1) is 61.6. The molecular formula is C58H105NO5. The van der Waals surface area contributed by atoms with Crippen molar-refractivity contribution in [2.75, 3.05) is 6.61 Å². The number of aliphatic hydroxyl groups excluding tert-OH is 2. The van der Waals surface area contributed by atoms with Crippen molar-refractivity contribution in [1.82, 2.24) is 5.32 Å². The minimum absolute atomic E-state index is 0.0441. The van der Waals surface area contributed by atoms with E-state index in [4.69, 9.17) is 4.74 Å². The Labute approximate surface area is 397 Å². The van der Waals surface area contributed by atoms with Crippen LogP contribution in [-0.2, 0) is 14.3 Å². The molecule has 372 valence electrons. The van der Waals surface area contributed by atoms with Crippen molar-refractivity contribution < 1.29 is 24.5 Å². The van der Waals surface area contributed by atoms with Crippen molar-refractivity contribution in [2.24, 2.45) is 0 Å². The molecular weight excluding hydrogens is 791 g/mol. The molecule has 1 amide bonds. The fourth-order valence-corrected chi connectivity index (χ4v) is 8.22. The summed E-state index contributed by atoms with van der Waals surface area (Å²) < 4.78 is 5.84. The van der Waals surface area contributed by atoms with Crippen molar-refractivity contribution in [2.45, 2.75) is 289 Å². The molecule has 0 rings (SSSR count). The lowest BCUT2D eigenvalue weighted by Gasteiger charge is -2.23. The average Bonchev–Trinajstić information content (AvgIpc) is 3.29. The molecule has 0 fully saturated rings. The van der Waals surface area contributed by atoms with Gasteiger partial charge >= 0.3 is 5.97 Å². The summed E-state index contributed by atoms with van der Waals surface area (Å²) in [7, 11) is 0. The fraction of sp³-hybridized carbons (Fsp3) is 0.793. The lowest BCUT2D eigenvalue weighted by Crippen LogP contribution is -2.46. The highest BCUT2D eigenvalue weighted by Gasteiger charge is 2.23. The number of ether oxygens (including phenoxy) is 1. The first-order valence-electron chi connectivity index (χ1n) is 27.5. The molecule has 0 heterocycles. The molecule has 3 N–H and O–H groups in total. The molecule has 0 aliphatic carbocycles. The molecule has 0 aromatic carbocycles. The van der Waals surface area contributed by atoms with Gasteiger partial charge in [-0.2, -0.15) is 0 Å². The van der Waals surface area contributed by atoms with Crippen LogP contribution in [0.2, 0.25) is 0 Å². The number of allylic oxidation sites excluding steroid dienone is 9. The number of hydrogen-bond acceptors (Lipinski definition) is 5. The van der Waals surface area contributed by atoms with Gasteiger partial charge in [-0.25, -0.2) is 0 Å². The number of hydrogen-bond donors (Lipinski definition) is 3. The lowest BCUT2D eigenvalue weighted by atomic mass is 10.0. The molecule has 6 heteroatoms. The van der Waals surface area contributed by atoms with E-state index in [0.717, 1.165) is 64.2 Å². The first-order valence-corrected chi connectivity index (χ1v) is 27.5. The Morgan fingerprint density at radius 1 is 0.469 bits per heavy atom. The maximum atomic E-state index is 13.2. The molecule has 0 aliphatic rings. The van der Waals surface area contributed by atoms with Gasteiger partial charge in [-0.15, -0.1) is 0 Å². The maximum Gasteiger partial charge on any atom is 0.306 e. The van der Waals surface area contributed by atoms with Crippen molar-refractivity contribution >= 4 is 11.9 Å². The Morgan fingerprint density at radius 2 is 0.812 bits per heavy atom. The average molecular weight is 896 g/mol. The van der Waals surface area contributed by atoms with Crippen molar-refractivity contribution in [3.8, 4) is 0 Å². The summed E-state index contributed by atoms with van der Waals surface area (Å²) in [5, 5.41) is 23.7. The molecule has 0 saturated heterocycles. The Balaban J connectivity index is 4.64. The van der Waals surface area contributed by atoms with Crippen molar-refractivity contribution in [3.05, 3.63) is 60.8 Å². The number of esters is 1. The second-order valence-corrected chi connectivity index (χ2v) is 18.6. The summed E-state index contributed by atoms with van der Waals surface area (Å²) in [5.41, 5.74) is 0. The van der Waals surface area contributed by atoms with Gasteiger partial charge in [-0.3, -0.25) is 9.59 Å². The van der Waals surface area contributed by atoms with Crippen LogP contribution in [0.4, 0.5) is 0 Å². The van der Waals surface area contributed by atoms with E-state index in [0.29, 0.717) is 19.3 Å². The minimum Gasteiger partial charge on any atom is -0.458 e. The van der Waals surface area contributed by atoms with E-state index in [1.165, 1.54) is 161 Å². The monoisotopic (exact) mass is 896 g/mol. The van der Waals surface area contributed by atoms with Gasteiger partial charge in [-0.1, -0.05) is 268 Å². The lowest BCUT2D eigenvalue weighted by molar-refractivity contribution is -0.148. The minimum atomic E-state index is -0.819. The van der Waals surface area contributed by atoms with Crippen LogP contribution in [0, 0.1) is 0 Å². The third-order valence-corrected chi connectivity index (χ3v) is 12.4. The second-order valence-electron chi connectivity index (χ2n) is 18.6. The third kappa shape index (κ3) is 46.1. The summed E-state index contributed by atoms with van der Waals surface area (Å²) in [6, 6.07) is -0.741.